The van der Waals surface area contributed by atoms with Crippen LogP contribution >= 0.6 is 0 Å². The number of nitrogens with one attached hydrogen (secondary N) is 1. The molecule has 0 unspecified atom stereocenters. The number of aliphatic hydroxyl groups is 1. The van der Waals surface area contributed by atoms with E-state index in [1.807, 2.05) is 0 Å². The fourth-order valence-electron chi connectivity index (χ4n) is 0.821. The van der Waals surface area contributed by atoms with Crippen molar-refractivity contribution in [2.24, 2.45) is 0 Å². The monoisotopic (exact) mass is 205 g/mol. The molecule has 1 heterocycles. The predicted molar refractivity (Wildman–Crippen MR) is 45.5 cm³/mol. The van der Waals surface area contributed by atoms with Crippen molar-refractivity contribution in [1.82, 2.24) is 14.5 Å². The SMILES string of the molecule is CN(CCO)S(=O)(=O)c1cn[nH]c1. The first-order chi connectivity index (χ1) is 6.09. The van der Waals surface area contributed by atoms with Gasteiger partial charge in [-0.15, -0.1) is 0 Å². The summed E-state index contributed by atoms with van der Waals surface area (Å²) >= 11 is 0. The second-order valence-corrected chi connectivity index (χ2v) is 4.53. The van der Waals surface area contributed by atoms with E-state index in [0.717, 1.165) is 4.31 Å². The molecular weight excluding hydrogens is 194 g/mol. The van der Waals surface area contributed by atoms with Crippen LogP contribution in [0.5, 0.6) is 0 Å². The number of rotatable bonds is 4. The quantitative estimate of drug-likeness (QED) is 0.661. The number of nitrogens with zero attached hydrogens (tertiary/aromatic N) is 2. The lowest BCUT2D eigenvalue weighted by molar-refractivity contribution is 0.266. The average molecular weight is 205 g/mol. The van der Waals surface area contributed by atoms with Gasteiger partial charge in [0.05, 0.1) is 12.8 Å². The summed E-state index contributed by atoms with van der Waals surface area (Å²) in [5.41, 5.74) is 0. The van der Waals surface area contributed by atoms with Crippen molar-refractivity contribution in [3.63, 3.8) is 0 Å². The van der Waals surface area contributed by atoms with Crippen LogP contribution in [-0.2, 0) is 10.0 Å². The number of sulfonamides is 1. The second-order valence-electron chi connectivity index (χ2n) is 2.48. The topological polar surface area (TPSA) is 86.3 Å². The molecule has 0 spiro atoms. The Labute approximate surface area is 76.2 Å². The van der Waals surface area contributed by atoms with Crippen LogP contribution in [-0.4, -0.2) is 48.2 Å². The molecule has 6 nitrogen and oxygen atoms in total. The van der Waals surface area contributed by atoms with E-state index in [-0.39, 0.29) is 18.0 Å². The Bertz CT molecular complexity index is 345. The minimum absolute atomic E-state index is 0.0769. The van der Waals surface area contributed by atoms with Gasteiger partial charge < -0.3 is 5.11 Å². The van der Waals surface area contributed by atoms with Gasteiger partial charge in [-0.2, -0.15) is 9.40 Å². The highest BCUT2D eigenvalue weighted by Gasteiger charge is 2.20. The molecule has 0 aliphatic carbocycles. The summed E-state index contributed by atoms with van der Waals surface area (Å²) in [5.74, 6) is 0. The molecule has 0 bridgehead atoms. The first-order valence-corrected chi connectivity index (χ1v) is 5.09. The Kier molecular flexibility index (Phi) is 3.02. The summed E-state index contributed by atoms with van der Waals surface area (Å²) < 4.78 is 24.1. The van der Waals surface area contributed by atoms with Crippen LogP contribution < -0.4 is 0 Å². The van der Waals surface area contributed by atoms with E-state index >= 15 is 0 Å². The summed E-state index contributed by atoms with van der Waals surface area (Å²) in [6, 6.07) is 0. The Balaban J connectivity index is 2.90. The van der Waals surface area contributed by atoms with E-state index in [1.54, 1.807) is 0 Å². The summed E-state index contributed by atoms with van der Waals surface area (Å²) in [5, 5.41) is 14.5. The zero-order valence-corrected chi connectivity index (χ0v) is 7.95. The maximum absolute atomic E-state index is 11.5. The van der Waals surface area contributed by atoms with Gasteiger partial charge in [-0.3, -0.25) is 5.10 Å². The minimum Gasteiger partial charge on any atom is -0.395 e. The summed E-state index contributed by atoms with van der Waals surface area (Å²) in [4.78, 5) is 0.100. The zero-order chi connectivity index (χ0) is 9.90. The number of aromatic nitrogens is 2. The van der Waals surface area contributed by atoms with Gasteiger partial charge >= 0.3 is 0 Å². The largest absolute Gasteiger partial charge is 0.395 e. The van der Waals surface area contributed by atoms with Crippen LogP contribution in [0.15, 0.2) is 17.3 Å². The normalized spacial score (nSPS) is 12.2. The summed E-state index contributed by atoms with van der Waals surface area (Å²) in [6.07, 6.45) is 2.52. The van der Waals surface area contributed by atoms with E-state index in [9.17, 15) is 8.42 Å². The molecule has 0 aromatic carbocycles. The van der Waals surface area contributed by atoms with Gasteiger partial charge in [0.15, 0.2) is 0 Å². The number of aromatic amines is 1. The second kappa shape index (κ2) is 3.86. The van der Waals surface area contributed by atoms with Crippen molar-refractivity contribution < 1.29 is 13.5 Å². The van der Waals surface area contributed by atoms with E-state index < -0.39 is 10.0 Å². The lowest BCUT2D eigenvalue weighted by atomic mass is 10.7. The van der Waals surface area contributed by atoms with Crippen molar-refractivity contribution in [3.05, 3.63) is 12.4 Å². The lowest BCUT2D eigenvalue weighted by Crippen LogP contribution is -2.29. The van der Waals surface area contributed by atoms with Crippen molar-refractivity contribution in [2.45, 2.75) is 4.90 Å². The van der Waals surface area contributed by atoms with Crippen LogP contribution in [0.3, 0.4) is 0 Å². The Morgan fingerprint density at radius 2 is 2.38 bits per heavy atom. The maximum Gasteiger partial charge on any atom is 0.246 e. The molecule has 7 heteroatoms. The Morgan fingerprint density at radius 3 is 2.85 bits per heavy atom. The highest BCUT2D eigenvalue weighted by molar-refractivity contribution is 7.89. The van der Waals surface area contributed by atoms with Gasteiger partial charge in [-0.25, -0.2) is 8.42 Å². The average Bonchev–Trinajstić information content (AvgIpc) is 2.56. The first-order valence-electron chi connectivity index (χ1n) is 3.65. The van der Waals surface area contributed by atoms with E-state index in [0.29, 0.717) is 0 Å². The molecule has 0 saturated carbocycles. The molecule has 1 aromatic heterocycles. The molecular formula is C6H11N3O3S. The standard InChI is InChI=1S/C6H11N3O3S/c1-9(2-3-10)13(11,12)6-4-7-8-5-6/h4-5,10H,2-3H2,1H3,(H,7,8). The molecule has 0 saturated heterocycles. The molecule has 0 aliphatic heterocycles. The number of hydrogen-bond acceptors (Lipinski definition) is 4. The van der Waals surface area contributed by atoms with Crippen LogP contribution in [0.25, 0.3) is 0 Å². The summed E-state index contributed by atoms with van der Waals surface area (Å²) in [6.45, 7) is -0.124. The van der Waals surface area contributed by atoms with Crippen molar-refractivity contribution in [1.29, 1.82) is 0 Å². The smallest absolute Gasteiger partial charge is 0.246 e. The van der Waals surface area contributed by atoms with E-state index in [1.165, 1.54) is 19.4 Å². The van der Waals surface area contributed by atoms with Gasteiger partial charge in [0.2, 0.25) is 10.0 Å². The predicted octanol–water partition coefficient (Wildman–Crippen LogP) is -0.978. The van der Waals surface area contributed by atoms with E-state index in [4.69, 9.17) is 5.11 Å². The Morgan fingerprint density at radius 1 is 1.69 bits per heavy atom. The molecule has 2 N–H and O–H groups in total. The van der Waals surface area contributed by atoms with Crippen molar-refractivity contribution in [3.8, 4) is 0 Å². The van der Waals surface area contributed by atoms with Gasteiger partial charge in [0.25, 0.3) is 0 Å². The van der Waals surface area contributed by atoms with Gasteiger partial charge in [-0.05, 0) is 0 Å². The molecule has 0 amide bonds. The number of hydrogen-bond donors (Lipinski definition) is 2. The number of likely N-dealkylation sites (N-methyl/N-ethyl adjacent to an activating group) is 1. The summed E-state index contributed by atoms with van der Waals surface area (Å²) in [7, 11) is -2.08. The Hall–Kier alpha value is -0.920. The highest BCUT2D eigenvalue weighted by atomic mass is 32.2. The third-order valence-electron chi connectivity index (χ3n) is 1.60. The highest BCUT2D eigenvalue weighted by Crippen LogP contribution is 2.10. The van der Waals surface area contributed by atoms with Gasteiger partial charge in [0.1, 0.15) is 4.90 Å². The lowest BCUT2D eigenvalue weighted by Gasteiger charge is -2.13. The third kappa shape index (κ3) is 2.06. The molecule has 0 radical (unpaired) electrons. The molecule has 0 aliphatic rings. The van der Waals surface area contributed by atoms with Gasteiger partial charge in [0, 0.05) is 19.8 Å². The third-order valence-corrected chi connectivity index (χ3v) is 3.42. The van der Waals surface area contributed by atoms with E-state index in [2.05, 4.69) is 10.2 Å². The zero-order valence-electron chi connectivity index (χ0n) is 7.14. The molecule has 1 aromatic rings. The molecule has 13 heavy (non-hydrogen) atoms. The molecule has 74 valence electrons. The van der Waals surface area contributed by atoms with Gasteiger partial charge in [-0.1, -0.05) is 0 Å². The van der Waals surface area contributed by atoms with Crippen LogP contribution in [0, 0.1) is 0 Å². The fraction of sp³-hybridized carbons (Fsp3) is 0.500. The fourth-order valence-corrected chi connectivity index (χ4v) is 1.89. The molecule has 0 fully saturated rings. The van der Waals surface area contributed by atoms with Crippen molar-refractivity contribution in [2.75, 3.05) is 20.2 Å². The molecule has 1 rings (SSSR count). The number of aliphatic hydroxyl groups excluding tert-OH is 1. The maximum atomic E-state index is 11.5. The van der Waals surface area contributed by atoms with Crippen LogP contribution in [0.4, 0.5) is 0 Å². The van der Waals surface area contributed by atoms with Crippen LogP contribution in [0.2, 0.25) is 0 Å². The van der Waals surface area contributed by atoms with Crippen molar-refractivity contribution >= 4 is 10.0 Å². The number of H-pyrrole nitrogens is 1. The molecule has 0 atom stereocenters. The van der Waals surface area contributed by atoms with Crippen LogP contribution in [0.1, 0.15) is 0 Å². The first kappa shape index (κ1) is 10.2. The minimum atomic E-state index is -3.48.